The van der Waals surface area contributed by atoms with Crippen molar-refractivity contribution in [1.82, 2.24) is 5.32 Å². The summed E-state index contributed by atoms with van der Waals surface area (Å²) in [5, 5.41) is 6.02. The largest absolute Gasteiger partial charge is 0.489 e. The van der Waals surface area contributed by atoms with Gasteiger partial charge in [-0.05, 0) is 36.8 Å². The molecule has 1 N–H and O–H groups in total. The summed E-state index contributed by atoms with van der Waals surface area (Å²) in [7, 11) is 0. The van der Waals surface area contributed by atoms with Crippen LogP contribution in [0.15, 0.2) is 48.0 Å². The van der Waals surface area contributed by atoms with Gasteiger partial charge >= 0.3 is 0 Å². The van der Waals surface area contributed by atoms with E-state index >= 15 is 0 Å². The van der Waals surface area contributed by atoms with Crippen LogP contribution in [0.3, 0.4) is 0 Å². The van der Waals surface area contributed by atoms with Crippen molar-refractivity contribution in [1.29, 1.82) is 0 Å². The second-order valence-electron chi connectivity index (χ2n) is 5.89. The van der Waals surface area contributed by atoms with Crippen LogP contribution < -0.4 is 10.1 Å². The van der Waals surface area contributed by atoms with Crippen molar-refractivity contribution in [3.05, 3.63) is 53.6 Å². The second-order valence-corrected chi connectivity index (χ2v) is 5.89. The molecule has 0 amide bonds. The van der Waals surface area contributed by atoms with E-state index in [2.05, 4.69) is 75.5 Å². The Hall–Kier alpha value is -1.80. The molecule has 0 aromatic heterocycles. The summed E-state index contributed by atoms with van der Waals surface area (Å²) in [6, 6.07) is 13.1. The van der Waals surface area contributed by atoms with Crippen LogP contribution in [0, 0.1) is 0 Å². The number of fused-ring (bicyclic) bond motifs is 1. The van der Waals surface area contributed by atoms with Gasteiger partial charge in [-0.2, -0.15) is 0 Å². The van der Waals surface area contributed by atoms with Crippen molar-refractivity contribution in [2.45, 2.75) is 40.3 Å². The van der Waals surface area contributed by atoms with Gasteiger partial charge in [0, 0.05) is 18.2 Å². The number of benzene rings is 2. The minimum Gasteiger partial charge on any atom is -0.489 e. The van der Waals surface area contributed by atoms with Crippen molar-refractivity contribution in [2.24, 2.45) is 0 Å². The van der Waals surface area contributed by atoms with Crippen molar-refractivity contribution in [3.63, 3.8) is 0 Å². The summed E-state index contributed by atoms with van der Waals surface area (Å²) in [4.78, 5) is 0. The lowest BCUT2D eigenvalue weighted by Gasteiger charge is -2.16. The Morgan fingerprint density at radius 3 is 2.62 bits per heavy atom. The zero-order chi connectivity index (χ0) is 15.2. The molecule has 0 aliphatic heterocycles. The maximum atomic E-state index is 5.97. The molecule has 0 unspecified atom stereocenters. The van der Waals surface area contributed by atoms with Crippen LogP contribution in [0.2, 0.25) is 0 Å². The van der Waals surface area contributed by atoms with E-state index in [1.165, 1.54) is 21.9 Å². The van der Waals surface area contributed by atoms with E-state index in [1.807, 2.05) is 0 Å². The predicted octanol–water partition coefficient (Wildman–Crippen LogP) is 4.68. The summed E-state index contributed by atoms with van der Waals surface area (Å²) in [6.07, 6.45) is 2.11. The van der Waals surface area contributed by atoms with E-state index in [4.69, 9.17) is 4.74 Å². The van der Waals surface area contributed by atoms with Crippen LogP contribution >= 0.6 is 0 Å². The molecule has 2 aromatic carbocycles. The van der Waals surface area contributed by atoms with Crippen LogP contribution in [-0.2, 0) is 6.54 Å². The van der Waals surface area contributed by atoms with E-state index < -0.39 is 0 Å². The Morgan fingerprint density at radius 2 is 1.90 bits per heavy atom. The fraction of sp³-hybridized carbons (Fsp3) is 0.368. The fourth-order valence-corrected chi connectivity index (χ4v) is 2.24. The van der Waals surface area contributed by atoms with Gasteiger partial charge in [0.05, 0.1) is 0 Å². The predicted molar refractivity (Wildman–Crippen MR) is 90.8 cm³/mol. The third-order valence-electron chi connectivity index (χ3n) is 3.42. The maximum absolute atomic E-state index is 5.97. The van der Waals surface area contributed by atoms with Crippen molar-refractivity contribution in [2.75, 3.05) is 6.61 Å². The average Bonchev–Trinajstić information content (AvgIpc) is 2.45. The molecule has 0 fully saturated rings. The average molecular weight is 283 g/mol. The smallest absolute Gasteiger partial charge is 0.124 e. The van der Waals surface area contributed by atoms with E-state index in [9.17, 15) is 0 Å². The van der Waals surface area contributed by atoms with Crippen LogP contribution in [0.25, 0.3) is 10.8 Å². The molecular weight excluding hydrogens is 258 g/mol. The van der Waals surface area contributed by atoms with E-state index in [1.54, 1.807) is 0 Å². The zero-order valence-electron chi connectivity index (χ0n) is 13.4. The minimum absolute atomic E-state index is 0.453. The summed E-state index contributed by atoms with van der Waals surface area (Å²) < 4.78 is 5.97. The molecule has 0 heterocycles. The highest BCUT2D eigenvalue weighted by atomic mass is 16.5. The maximum Gasteiger partial charge on any atom is 0.124 e. The lowest BCUT2D eigenvalue weighted by atomic mass is 10.0. The molecule has 2 aromatic rings. The van der Waals surface area contributed by atoms with Crippen molar-refractivity contribution >= 4 is 10.8 Å². The van der Waals surface area contributed by atoms with E-state index in [0.717, 1.165) is 12.3 Å². The summed E-state index contributed by atoms with van der Waals surface area (Å²) >= 11 is 0. The number of allylic oxidation sites excluding steroid dienone is 1. The Labute approximate surface area is 127 Å². The van der Waals surface area contributed by atoms with Crippen LogP contribution in [0.4, 0.5) is 0 Å². The Balaban J connectivity index is 2.33. The molecule has 0 spiro atoms. The standard InChI is InChI=1S/C19H25NO/c1-14(2)11-12-21-19-10-9-16-7-5-6-8-17(16)18(19)13-20-15(3)4/h5-11,15,20H,12-13H2,1-4H3. The van der Waals surface area contributed by atoms with Crippen LogP contribution in [0.1, 0.15) is 33.3 Å². The number of hydrogen-bond donors (Lipinski definition) is 1. The molecule has 0 aliphatic rings. The zero-order valence-corrected chi connectivity index (χ0v) is 13.4. The molecule has 0 aliphatic carbocycles. The molecule has 21 heavy (non-hydrogen) atoms. The molecule has 2 rings (SSSR count). The van der Waals surface area contributed by atoms with Crippen molar-refractivity contribution < 1.29 is 4.74 Å². The first-order chi connectivity index (χ1) is 10.1. The number of nitrogens with one attached hydrogen (secondary N) is 1. The first-order valence-corrected chi connectivity index (χ1v) is 7.58. The quantitative estimate of drug-likeness (QED) is 0.777. The van der Waals surface area contributed by atoms with Gasteiger partial charge in [0.1, 0.15) is 12.4 Å². The van der Waals surface area contributed by atoms with Crippen molar-refractivity contribution in [3.8, 4) is 5.75 Å². The molecule has 0 saturated heterocycles. The minimum atomic E-state index is 0.453. The molecule has 112 valence electrons. The van der Waals surface area contributed by atoms with Crippen LogP contribution in [0.5, 0.6) is 5.75 Å². The van der Waals surface area contributed by atoms with Gasteiger partial charge in [0.2, 0.25) is 0 Å². The molecule has 2 nitrogen and oxygen atoms in total. The number of hydrogen-bond acceptors (Lipinski definition) is 2. The molecule has 0 saturated carbocycles. The van der Waals surface area contributed by atoms with Gasteiger partial charge in [-0.25, -0.2) is 0 Å². The van der Waals surface area contributed by atoms with Gasteiger partial charge in [0.25, 0.3) is 0 Å². The summed E-state index contributed by atoms with van der Waals surface area (Å²) in [6.45, 7) is 9.94. The lowest BCUT2D eigenvalue weighted by molar-refractivity contribution is 0.357. The normalized spacial score (nSPS) is 10.9. The third-order valence-corrected chi connectivity index (χ3v) is 3.42. The molecule has 0 bridgehead atoms. The topological polar surface area (TPSA) is 21.3 Å². The van der Waals surface area contributed by atoms with Gasteiger partial charge in [-0.3, -0.25) is 0 Å². The fourth-order valence-electron chi connectivity index (χ4n) is 2.24. The SMILES string of the molecule is CC(C)=CCOc1ccc2ccccc2c1CNC(C)C. The highest BCUT2D eigenvalue weighted by Crippen LogP contribution is 2.28. The highest BCUT2D eigenvalue weighted by molar-refractivity contribution is 5.87. The molecule has 2 heteroatoms. The van der Waals surface area contributed by atoms with E-state index in [0.29, 0.717) is 12.6 Å². The summed E-state index contributed by atoms with van der Waals surface area (Å²) in [5.74, 6) is 0.972. The second kappa shape index (κ2) is 7.28. The third kappa shape index (κ3) is 4.33. The first-order valence-electron chi connectivity index (χ1n) is 7.58. The molecule has 0 atom stereocenters. The van der Waals surface area contributed by atoms with Gasteiger partial charge < -0.3 is 10.1 Å². The van der Waals surface area contributed by atoms with Gasteiger partial charge in [-0.15, -0.1) is 0 Å². The number of ether oxygens (including phenoxy) is 1. The Morgan fingerprint density at radius 1 is 1.14 bits per heavy atom. The van der Waals surface area contributed by atoms with Crippen LogP contribution in [-0.4, -0.2) is 12.6 Å². The molecular formula is C19H25NO. The Bertz CT molecular complexity index is 624. The molecule has 0 radical (unpaired) electrons. The highest BCUT2D eigenvalue weighted by Gasteiger charge is 2.09. The van der Waals surface area contributed by atoms with Gasteiger partial charge in [0.15, 0.2) is 0 Å². The van der Waals surface area contributed by atoms with Gasteiger partial charge in [-0.1, -0.05) is 49.8 Å². The lowest BCUT2D eigenvalue weighted by Crippen LogP contribution is -2.22. The first kappa shape index (κ1) is 15.6. The summed E-state index contributed by atoms with van der Waals surface area (Å²) in [5.41, 5.74) is 2.52. The monoisotopic (exact) mass is 283 g/mol. The Kier molecular flexibility index (Phi) is 5.40. The van der Waals surface area contributed by atoms with E-state index in [-0.39, 0.29) is 0 Å². The number of rotatable bonds is 6.